The number of thioether (sulfide) groups is 1. The van der Waals surface area contributed by atoms with E-state index in [-0.39, 0.29) is 17.7 Å². The maximum atomic E-state index is 12.0. The highest BCUT2D eigenvalue weighted by atomic mass is 32.2. The van der Waals surface area contributed by atoms with E-state index in [1.807, 2.05) is 4.57 Å². The molecule has 0 spiro atoms. The van der Waals surface area contributed by atoms with Crippen LogP contribution >= 0.6 is 11.8 Å². The number of nitrogens with one attached hydrogen (secondary N) is 2. The summed E-state index contributed by atoms with van der Waals surface area (Å²) in [7, 11) is 0. The van der Waals surface area contributed by atoms with Gasteiger partial charge in [-0.3, -0.25) is 10.1 Å². The van der Waals surface area contributed by atoms with Gasteiger partial charge in [-0.15, -0.1) is 16.8 Å². The molecule has 3 rings (SSSR count). The lowest BCUT2D eigenvalue weighted by Gasteiger charge is -2.26. The minimum absolute atomic E-state index is 0.124. The van der Waals surface area contributed by atoms with E-state index in [1.165, 1.54) is 31.0 Å². The van der Waals surface area contributed by atoms with Crippen molar-refractivity contribution in [3.05, 3.63) is 18.5 Å². The predicted octanol–water partition coefficient (Wildman–Crippen LogP) is 1.57. The van der Waals surface area contributed by atoms with E-state index in [0.29, 0.717) is 11.7 Å². The predicted molar refractivity (Wildman–Crippen MR) is 105 cm³/mol. The molecule has 2 aliphatic rings. The fourth-order valence-electron chi connectivity index (χ4n) is 3.11. The third-order valence-corrected chi connectivity index (χ3v) is 5.67. The van der Waals surface area contributed by atoms with E-state index in [4.69, 9.17) is 0 Å². The Morgan fingerprint density at radius 3 is 2.70 bits per heavy atom. The van der Waals surface area contributed by atoms with Crippen molar-refractivity contribution in [3.63, 3.8) is 0 Å². The number of allylic oxidation sites excluding steroid dienone is 1. The van der Waals surface area contributed by atoms with E-state index in [1.54, 1.807) is 6.08 Å². The molecule has 1 aromatic rings. The Bertz CT molecular complexity index is 667. The summed E-state index contributed by atoms with van der Waals surface area (Å²) in [5.74, 6) is 0.704. The summed E-state index contributed by atoms with van der Waals surface area (Å²) in [6.45, 7) is 7.69. The Balaban J connectivity index is 1.49. The van der Waals surface area contributed by atoms with Gasteiger partial charge in [0, 0.05) is 25.6 Å². The van der Waals surface area contributed by atoms with Crippen molar-refractivity contribution in [2.75, 3.05) is 25.4 Å². The number of amides is 3. The molecule has 2 N–H and O–H groups in total. The lowest BCUT2D eigenvalue weighted by Crippen LogP contribution is -2.41. The fourth-order valence-corrected chi connectivity index (χ4v) is 3.87. The lowest BCUT2D eigenvalue weighted by molar-refractivity contribution is -0.117. The van der Waals surface area contributed by atoms with Crippen molar-refractivity contribution in [1.82, 2.24) is 30.3 Å². The highest BCUT2D eigenvalue weighted by Crippen LogP contribution is 2.19. The summed E-state index contributed by atoms with van der Waals surface area (Å²) in [4.78, 5) is 26.0. The summed E-state index contributed by atoms with van der Waals surface area (Å²) < 4.78 is 2.00. The standard InChI is InChI=1S/C18H28N6O2S/c1-2-9-24-15(8-12-23-10-4-3-5-11-23)21-22-18(24)27-13-16(25)20-17(26)19-14-6-7-14/h2,14H,1,3-13H2,(H2,19,20,25,26). The van der Waals surface area contributed by atoms with Gasteiger partial charge in [-0.1, -0.05) is 24.3 Å². The number of urea groups is 1. The number of hydrogen-bond donors (Lipinski definition) is 2. The van der Waals surface area contributed by atoms with Gasteiger partial charge in [-0.05, 0) is 38.8 Å². The van der Waals surface area contributed by atoms with Crippen LogP contribution in [0.15, 0.2) is 17.8 Å². The van der Waals surface area contributed by atoms with Crippen LogP contribution in [-0.4, -0.2) is 63.0 Å². The zero-order chi connectivity index (χ0) is 19.1. The number of imide groups is 1. The topological polar surface area (TPSA) is 92.2 Å². The Morgan fingerprint density at radius 2 is 2.00 bits per heavy atom. The fraction of sp³-hybridized carbons (Fsp3) is 0.667. The molecule has 3 amide bonds. The van der Waals surface area contributed by atoms with Crippen molar-refractivity contribution in [3.8, 4) is 0 Å². The molecular weight excluding hydrogens is 364 g/mol. The lowest BCUT2D eigenvalue weighted by atomic mass is 10.1. The second-order valence-electron chi connectivity index (χ2n) is 7.03. The minimum Gasteiger partial charge on any atom is -0.335 e. The third kappa shape index (κ3) is 6.35. The van der Waals surface area contributed by atoms with Gasteiger partial charge >= 0.3 is 6.03 Å². The Morgan fingerprint density at radius 1 is 1.22 bits per heavy atom. The minimum atomic E-state index is -0.419. The molecule has 27 heavy (non-hydrogen) atoms. The van der Waals surface area contributed by atoms with Crippen molar-refractivity contribution in [2.24, 2.45) is 0 Å². The molecule has 0 atom stereocenters. The summed E-state index contributed by atoms with van der Waals surface area (Å²) in [5.41, 5.74) is 0. The Labute approximate surface area is 164 Å². The number of likely N-dealkylation sites (tertiary alicyclic amines) is 1. The van der Waals surface area contributed by atoms with Gasteiger partial charge in [0.1, 0.15) is 5.82 Å². The van der Waals surface area contributed by atoms with Crippen molar-refractivity contribution in [2.45, 2.75) is 56.3 Å². The van der Waals surface area contributed by atoms with Crippen LogP contribution in [0.5, 0.6) is 0 Å². The molecule has 1 saturated heterocycles. The van der Waals surface area contributed by atoms with Gasteiger partial charge in [0.25, 0.3) is 0 Å². The average molecular weight is 393 g/mol. The number of carbonyl (C=O) groups is 2. The monoisotopic (exact) mass is 392 g/mol. The number of carbonyl (C=O) groups excluding carboxylic acids is 2. The first-order chi connectivity index (χ1) is 13.2. The SMILES string of the molecule is C=CCn1c(CCN2CCCCC2)nnc1SCC(=O)NC(=O)NC1CC1. The molecule has 0 radical (unpaired) electrons. The van der Waals surface area contributed by atoms with E-state index < -0.39 is 6.03 Å². The van der Waals surface area contributed by atoms with Crippen LogP contribution in [0.2, 0.25) is 0 Å². The highest BCUT2D eigenvalue weighted by molar-refractivity contribution is 7.99. The molecule has 2 fully saturated rings. The van der Waals surface area contributed by atoms with Crippen LogP contribution in [0.4, 0.5) is 4.79 Å². The average Bonchev–Trinajstić information content (AvgIpc) is 3.39. The summed E-state index contributed by atoms with van der Waals surface area (Å²) in [6.07, 6.45) is 8.47. The molecule has 1 aliphatic heterocycles. The maximum absolute atomic E-state index is 12.0. The van der Waals surface area contributed by atoms with Crippen LogP contribution in [-0.2, 0) is 17.8 Å². The van der Waals surface area contributed by atoms with Gasteiger partial charge in [-0.2, -0.15) is 0 Å². The van der Waals surface area contributed by atoms with Gasteiger partial charge < -0.3 is 14.8 Å². The van der Waals surface area contributed by atoms with E-state index in [0.717, 1.165) is 44.7 Å². The van der Waals surface area contributed by atoms with E-state index in [2.05, 4.69) is 32.3 Å². The van der Waals surface area contributed by atoms with Gasteiger partial charge in [0.2, 0.25) is 5.91 Å². The second kappa shape index (κ2) is 9.89. The van der Waals surface area contributed by atoms with Crippen LogP contribution in [0.1, 0.15) is 37.9 Å². The van der Waals surface area contributed by atoms with Crippen LogP contribution < -0.4 is 10.6 Å². The summed E-state index contributed by atoms with van der Waals surface area (Å²) in [5, 5.41) is 14.3. The van der Waals surface area contributed by atoms with Crippen LogP contribution in [0, 0.1) is 0 Å². The number of hydrogen-bond acceptors (Lipinski definition) is 6. The van der Waals surface area contributed by atoms with E-state index in [9.17, 15) is 9.59 Å². The Kier molecular flexibility index (Phi) is 7.28. The Hall–Kier alpha value is -1.87. The van der Waals surface area contributed by atoms with E-state index >= 15 is 0 Å². The molecule has 8 nitrogen and oxygen atoms in total. The van der Waals surface area contributed by atoms with Gasteiger partial charge in [0.05, 0.1) is 5.75 Å². The normalized spacial score (nSPS) is 17.5. The summed E-state index contributed by atoms with van der Waals surface area (Å²) >= 11 is 1.29. The highest BCUT2D eigenvalue weighted by Gasteiger charge is 2.24. The van der Waals surface area contributed by atoms with Crippen LogP contribution in [0.3, 0.4) is 0 Å². The molecule has 1 aromatic heterocycles. The molecule has 0 aromatic carbocycles. The molecule has 0 unspecified atom stereocenters. The zero-order valence-corrected chi connectivity index (χ0v) is 16.5. The van der Waals surface area contributed by atoms with Crippen molar-refractivity contribution in [1.29, 1.82) is 0 Å². The third-order valence-electron chi connectivity index (χ3n) is 4.70. The first kappa shape index (κ1) is 19.9. The van der Waals surface area contributed by atoms with Crippen LogP contribution in [0.25, 0.3) is 0 Å². The maximum Gasteiger partial charge on any atom is 0.321 e. The van der Waals surface area contributed by atoms with Gasteiger partial charge in [-0.25, -0.2) is 4.79 Å². The number of aromatic nitrogens is 3. The zero-order valence-electron chi connectivity index (χ0n) is 15.7. The molecule has 148 valence electrons. The molecule has 2 heterocycles. The summed E-state index contributed by atoms with van der Waals surface area (Å²) in [6, 6.07) is -0.193. The molecule has 1 saturated carbocycles. The second-order valence-corrected chi connectivity index (χ2v) is 7.98. The van der Waals surface area contributed by atoms with Crippen molar-refractivity contribution < 1.29 is 9.59 Å². The molecule has 9 heteroatoms. The number of nitrogens with zero attached hydrogens (tertiary/aromatic N) is 4. The van der Waals surface area contributed by atoms with Crippen molar-refractivity contribution >= 4 is 23.7 Å². The smallest absolute Gasteiger partial charge is 0.321 e. The number of rotatable bonds is 9. The first-order valence-corrected chi connectivity index (χ1v) is 10.6. The molecule has 1 aliphatic carbocycles. The quantitative estimate of drug-likeness (QED) is 0.490. The number of piperidine rings is 1. The molecular formula is C18H28N6O2S. The largest absolute Gasteiger partial charge is 0.335 e. The first-order valence-electron chi connectivity index (χ1n) is 9.64. The van der Waals surface area contributed by atoms with Gasteiger partial charge in [0.15, 0.2) is 5.16 Å². The molecule has 0 bridgehead atoms.